The Labute approximate surface area is 339 Å². The third-order valence-corrected chi connectivity index (χ3v) is 9.14. The van der Waals surface area contributed by atoms with Crippen molar-refractivity contribution in [3.05, 3.63) is 58.1 Å². The van der Waals surface area contributed by atoms with Crippen LogP contribution >= 0.6 is 11.6 Å². The molecule has 0 saturated carbocycles. The minimum absolute atomic E-state index is 0.0160. The van der Waals surface area contributed by atoms with Gasteiger partial charge in [0.15, 0.2) is 0 Å². The van der Waals surface area contributed by atoms with Crippen LogP contribution in [0.1, 0.15) is 116 Å². The molecule has 0 spiro atoms. The van der Waals surface area contributed by atoms with E-state index in [1.165, 1.54) is 4.90 Å². The van der Waals surface area contributed by atoms with Crippen LogP contribution < -0.4 is 20.7 Å². The molecule has 0 aromatic heterocycles. The maximum absolute atomic E-state index is 13.0. The highest BCUT2D eigenvalue weighted by Gasteiger charge is 2.39. The number of urea groups is 1. The van der Waals surface area contributed by atoms with Gasteiger partial charge < -0.3 is 34.5 Å². The SMILES string of the molecule is CC(C)(C)OC(=O)N(CCC(C)(C)OCCC(C)(C)Oc1cc(Cl)cc(NC(=O)NCc2ccc3c(c2)CN(C2CCC(=O)NC2=O)C3=O)c1)C(=O)OC(C)(C)C. The number of carbonyl (C=O) groups is 6. The Bertz CT molecular complexity index is 1840. The first kappa shape index (κ1) is 44.8. The van der Waals surface area contributed by atoms with Gasteiger partial charge in [0.2, 0.25) is 11.8 Å². The van der Waals surface area contributed by atoms with E-state index in [1.807, 2.05) is 33.8 Å². The standard InChI is InChI=1S/C41H56ClN5O10/c1-38(2,3)56-36(52)46(37(53)57-39(4,5)6)17-15-40(7,8)54-18-16-41(9,10)55-29-21-27(42)20-28(22-29)44-35(51)43-23-25-11-12-30-26(19-25)24-47(34(30)50)31-13-14-32(48)45-33(31)49/h11-12,19-22,31H,13-18,23-24H2,1-10H3,(H2,43,44,51)(H,45,48,49). The fourth-order valence-electron chi connectivity index (χ4n) is 6.08. The van der Waals surface area contributed by atoms with Crippen LogP contribution in [0.15, 0.2) is 36.4 Å². The number of fused-ring (bicyclic) bond motifs is 1. The number of halogens is 1. The Kier molecular flexibility index (Phi) is 13.9. The minimum Gasteiger partial charge on any atom is -0.488 e. The first-order valence-electron chi connectivity index (χ1n) is 19.0. The second-order valence-corrected chi connectivity index (χ2v) is 17.9. The molecular weight excluding hydrogens is 758 g/mol. The number of hydrogen-bond donors (Lipinski definition) is 3. The van der Waals surface area contributed by atoms with Gasteiger partial charge >= 0.3 is 18.2 Å². The summed E-state index contributed by atoms with van der Waals surface area (Å²) in [6, 6.07) is 8.94. The van der Waals surface area contributed by atoms with Crippen LogP contribution in [-0.2, 0) is 36.9 Å². The van der Waals surface area contributed by atoms with E-state index in [0.29, 0.717) is 41.5 Å². The van der Waals surface area contributed by atoms with Crippen molar-refractivity contribution in [2.45, 2.75) is 136 Å². The number of carbonyl (C=O) groups excluding carboxylic acids is 6. The Balaban J connectivity index is 1.27. The van der Waals surface area contributed by atoms with Crippen molar-refractivity contribution in [1.82, 2.24) is 20.4 Å². The molecule has 0 radical (unpaired) electrons. The van der Waals surface area contributed by atoms with Gasteiger partial charge in [0, 0.05) is 54.8 Å². The number of amides is 7. The molecule has 1 fully saturated rings. The third kappa shape index (κ3) is 13.6. The predicted octanol–water partition coefficient (Wildman–Crippen LogP) is 7.33. The fraction of sp³-hybridized carbons (Fsp3) is 0.561. The number of benzene rings is 2. The first-order chi connectivity index (χ1) is 26.3. The number of hydrogen-bond acceptors (Lipinski definition) is 10. The Hall–Kier alpha value is -4.89. The number of nitrogens with one attached hydrogen (secondary N) is 3. The molecule has 2 aliphatic rings. The van der Waals surface area contributed by atoms with E-state index >= 15 is 0 Å². The van der Waals surface area contributed by atoms with E-state index in [-0.39, 0.29) is 44.3 Å². The van der Waals surface area contributed by atoms with Crippen LogP contribution in [0, 0.1) is 0 Å². The summed E-state index contributed by atoms with van der Waals surface area (Å²) in [6.45, 7) is 18.6. The zero-order valence-electron chi connectivity index (χ0n) is 34.6. The smallest absolute Gasteiger partial charge is 0.419 e. The zero-order chi connectivity index (χ0) is 42.5. The highest BCUT2D eigenvalue weighted by Crippen LogP contribution is 2.31. The molecule has 0 aliphatic carbocycles. The van der Waals surface area contributed by atoms with Crippen LogP contribution in [-0.4, -0.2) is 87.3 Å². The molecule has 2 aromatic carbocycles. The summed E-state index contributed by atoms with van der Waals surface area (Å²) in [4.78, 5) is 78.1. The minimum atomic E-state index is -0.803. The van der Waals surface area contributed by atoms with Gasteiger partial charge in [-0.15, -0.1) is 0 Å². The van der Waals surface area contributed by atoms with Crippen LogP contribution in [0.3, 0.4) is 0 Å². The van der Waals surface area contributed by atoms with Gasteiger partial charge in [-0.1, -0.05) is 23.7 Å². The number of ether oxygens (including phenoxy) is 4. The normalized spacial score (nSPS) is 16.1. The fourth-order valence-corrected chi connectivity index (χ4v) is 6.30. The van der Waals surface area contributed by atoms with E-state index < -0.39 is 52.6 Å². The highest BCUT2D eigenvalue weighted by atomic mass is 35.5. The summed E-state index contributed by atoms with van der Waals surface area (Å²) in [5, 5.41) is 8.24. The topological polar surface area (TPSA) is 182 Å². The molecule has 1 unspecified atom stereocenters. The molecule has 2 heterocycles. The molecule has 1 saturated heterocycles. The molecule has 57 heavy (non-hydrogen) atoms. The van der Waals surface area contributed by atoms with Gasteiger partial charge in [0.25, 0.3) is 5.91 Å². The van der Waals surface area contributed by atoms with Crippen LogP contribution in [0.5, 0.6) is 5.75 Å². The Morgan fingerprint density at radius 1 is 0.877 bits per heavy atom. The van der Waals surface area contributed by atoms with Gasteiger partial charge in [-0.25, -0.2) is 19.3 Å². The van der Waals surface area contributed by atoms with Crippen molar-refractivity contribution in [2.75, 3.05) is 18.5 Å². The maximum atomic E-state index is 13.0. The molecule has 16 heteroatoms. The molecule has 0 bridgehead atoms. The lowest BCUT2D eigenvalue weighted by atomic mass is 10.0. The van der Waals surface area contributed by atoms with Crippen molar-refractivity contribution in [3.63, 3.8) is 0 Å². The first-order valence-corrected chi connectivity index (χ1v) is 19.4. The average molecular weight is 814 g/mol. The lowest BCUT2D eigenvalue weighted by molar-refractivity contribution is -0.136. The predicted molar refractivity (Wildman–Crippen MR) is 213 cm³/mol. The number of anilines is 1. The van der Waals surface area contributed by atoms with E-state index in [1.54, 1.807) is 71.9 Å². The van der Waals surface area contributed by atoms with Crippen molar-refractivity contribution in [2.24, 2.45) is 0 Å². The Morgan fingerprint density at radius 3 is 2.14 bits per heavy atom. The number of piperidine rings is 1. The largest absolute Gasteiger partial charge is 0.488 e. The molecule has 2 aliphatic heterocycles. The number of imide groups is 2. The molecular formula is C41H56ClN5O10. The van der Waals surface area contributed by atoms with Crippen LogP contribution in [0.25, 0.3) is 0 Å². The molecule has 1 atom stereocenters. The molecule has 15 nitrogen and oxygen atoms in total. The molecule has 2 aromatic rings. The molecule has 3 N–H and O–H groups in total. The molecule has 7 amide bonds. The van der Waals surface area contributed by atoms with E-state index in [9.17, 15) is 28.8 Å². The monoisotopic (exact) mass is 813 g/mol. The van der Waals surface area contributed by atoms with Gasteiger partial charge in [0.1, 0.15) is 28.6 Å². The summed E-state index contributed by atoms with van der Waals surface area (Å²) in [5.41, 5.74) is -0.672. The summed E-state index contributed by atoms with van der Waals surface area (Å²) in [5.74, 6) is -0.660. The highest BCUT2D eigenvalue weighted by molar-refractivity contribution is 6.31. The van der Waals surface area contributed by atoms with Crippen molar-refractivity contribution in [3.8, 4) is 5.75 Å². The quantitative estimate of drug-likeness (QED) is 0.173. The number of nitrogens with zero attached hydrogens (tertiary/aromatic N) is 2. The van der Waals surface area contributed by atoms with Gasteiger partial charge in [-0.3, -0.25) is 19.7 Å². The van der Waals surface area contributed by atoms with Gasteiger partial charge in [-0.2, -0.15) is 0 Å². The lowest BCUT2D eigenvalue weighted by Gasteiger charge is -2.32. The van der Waals surface area contributed by atoms with Gasteiger partial charge in [0.05, 0.1) is 12.2 Å². The van der Waals surface area contributed by atoms with Crippen molar-refractivity contribution >= 4 is 53.2 Å². The third-order valence-electron chi connectivity index (χ3n) is 8.93. The summed E-state index contributed by atoms with van der Waals surface area (Å²) in [7, 11) is 0. The second-order valence-electron chi connectivity index (χ2n) is 17.5. The van der Waals surface area contributed by atoms with Crippen LogP contribution in [0.4, 0.5) is 20.1 Å². The second kappa shape index (κ2) is 17.7. The van der Waals surface area contributed by atoms with Crippen molar-refractivity contribution < 1.29 is 47.7 Å². The zero-order valence-corrected chi connectivity index (χ0v) is 35.3. The van der Waals surface area contributed by atoms with E-state index in [4.69, 9.17) is 30.5 Å². The van der Waals surface area contributed by atoms with Gasteiger partial charge in [-0.05, 0) is 111 Å². The summed E-state index contributed by atoms with van der Waals surface area (Å²) in [6.07, 6.45) is -0.367. The number of rotatable bonds is 13. The lowest BCUT2D eigenvalue weighted by Crippen LogP contribution is -2.52. The summed E-state index contributed by atoms with van der Waals surface area (Å²) >= 11 is 6.41. The molecule has 4 rings (SSSR count). The molecule has 312 valence electrons. The van der Waals surface area contributed by atoms with E-state index in [2.05, 4.69) is 16.0 Å². The maximum Gasteiger partial charge on any atom is 0.419 e. The Morgan fingerprint density at radius 2 is 1.53 bits per heavy atom. The average Bonchev–Trinajstić information content (AvgIpc) is 3.36. The van der Waals surface area contributed by atoms with Crippen molar-refractivity contribution in [1.29, 1.82) is 0 Å². The van der Waals surface area contributed by atoms with Crippen LogP contribution in [0.2, 0.25) is 5.02 Å². The summed E-state index contributed by atoms with van der Waals surface area (Å²) < 4.78 is 23.4. The van der Waals surface area contributed by atoms with E-state index in [0.717, 1.165) is 16.0 Å².